The molecule has 0 saturated heterocycles. The standard InChI is InChI=1S/C20H28BN.2C2H6/c1-5-8-14-20(22-19(10-6-2)11-7-3)16(4)17-12-9-13-18(21)15-17;2*1-2/h5-8,10-11,14,17-18,22H,2,4,9,12-13,15H2,1,3H3;2*1-2H3/b8-5-,11-7-,19-10+,20-14+;;. The zero-order valence-electron chi connectivity index (χ0n) is 18.0. The molecule has 0 spiro atoms. The summed E-state index contributed by atoms with van der Waals surface area (Å²) in [5.41, 5.74) is 3.21. The topological polar surface area (TPSA) is 12.0 Å². The van der Waals surface area contributed by atoms with Crippen LogP contribution in [0.4, 0.5) is 0 Å². The maximum Gasteiger partial charge on any atom is 0.0699 e. The van der Waals surface area contributed by atoms with Crippen LogP contribution in [0.5, 0.6) is 0 Å². The minimum Gasteiger partial charge on any atom is -0.355 e. The lowest BCUT2D eigenvalue weighted by atomic mass is 9.69. The van der Waals surface area contributed by atoms with Crippen LogP contribution in [0, 0.1) is 5.92 Å². The summed E-state index contributed by atoms with van der Waals surface area (Å²) in [4.78, 5) is 0. The van der Waals surface area contributed by atoms with Gasteiger partial charge in [-0.15, -0.1) is 0 Å². The first-order valence-electron chi connectivity index (χ1n) is 10.1. The smallest absolute Gasteiger partial charge is 0.0699 e. The Bertz CT molecular complexity index is 494. The van der Waals surface area contributed by atoms with Gasteiger partial charge in [-0.05, 0) is 50.0 Å². The maximum atomic E-state index is 6.13. The van der Waals surface area contributed by atoms with Gasteiger partial charge in [0.1, 0.15) is 0 Å². The fraction of sp³-hybridized carbons (Fsp3) is 0.500. The van der Waals surface area contributed by atoms with E-state index >= 15 is 0 Å². The van der Waals surface area contributed by atoms with Crippen molar-refractivity contribution in [2.45, 2.75) is 73.0 Å². The van der Waals surface area contributed by atoms with E-state index in [1.807, 2.05) is 71.9 Å². The van der Waals surface area contributed by atoms with Gasteiger partial charge in [0.15, 0.2) is 0 Å². The van der Waals surface area contributed by atoms with E-state index in [-0.39, 0.29) is 0 Å². The van der Waals surface area contributed by atoms with Gasteiger partial charge in [-0.1, -0.05) is 90.2 Å². The van der Waals surface area contributed by atoms with E-state index < -0.39 is 0 Å². The van der Waals surface area contributed by atoms with E-state index in [2.05, 4.69) is 24.6 Å². The summed E-state index contributed by atoms with van der Waals surface area (Å²) in [5.74, 6) is 0.764. The lowest BCUT2D eigenvalue weighted by molar-refractivity contribution is 0.405. The predicted molar refractivity (Wildman–Crippen MR) is 122 cm³/mol. The minimum atomic E-state index is 0.303. The fourth-order valence-electron chi connectivity index (χ4n) is 2.79. The van der Waals surface area contributed by atoms with Crippen molar-refractivity contribution in [3.63, 3.8) is 0 Å². The highest BCUT2D eigenvalue weighted by molar-refractivity contribution is 6.11. The molecule has 0 aromatic heterocycles. The van der Waals surface area contributed by atoms with E-state index in [4.69, 9.17) is 7.85 Å². The van der Waals surface area contributed by atoms with Crippen LogP contribution in [0.25, 0.3) is 0 Å². The highest BCUT2D eigenvalue weighted by Gasteiger charge is 2.22. The van der Waals surface area contributed by atoms with Crippen molar-refractivity contribution in [2.75, 3.05) is 0 Å². The van der Waals surface area contributed by atoms with E-state index in [1.165, 1.54) is 12.8 Å². The monoisotopic (exact) mass is 353 g/mol. The van der Waals surface area contributed by atoms with Gasteiger partial charge >= 0.3 is 0 Å². The Morgan fingerprint density at radius 3 is 2.19 bits per heavy atom. The third kappa shape index (κ3) is 11.0. The third-order valence-corrected chi connectivity index (χ3v) is 3.93. The minimum absolute atomic E-state index is 0.303. The summed E-state index contributed by atoms with van der Waals surface area (Å²) in [5, 5.41) is 3.48. The first-order chi connectivity index (χ1) is 12.6. The Labute approximate surface area is 165 Å². The quantitative estimate of drug-likeness (QED) is 0.370. The number of rotatable bonds is 7. The summed E-state index contributed by atoms with van der Waals surface area (Å²) in [6.07, 6.45) is 18.5. The van der Waals surface area contributed by atoms with Crippen LogP contribution in [0.1, 0.15) is 67.2 Å². The molecule has 2 heteroatoms. The van der Waals surface area contributed by atoms with Gasteiger partial charge in [0.2, 0.25) is 0 Å². The van der Waals surface area contributed by atoms with Gasteiger partial charge in [0.25, 0.3) is 0 Å². The van der Waals surface area contributed by atoms with Gasteiger partial charge in [0.05, 0.1) is 7.85 Å². The molecule has 26 heavy (non-hydrogen) atoms. The molecule has 1 aliphatic carbocycles. The van der Waals surface area contributed by atoms with E-state index in [9.17, 15) is 0 Å². The van der Waals surface area contributed by atoms with Crippen LogP contribution in [0.15, 0.2) is 72.7 Å². The van der Waals surface area contributed by atoms with Crippen molar-refractivity contribution in [1.82, 2.24) is 5.32 Å². The Morgan fingerprint density at radius 1 is 1.04 bits per heavy atom. The molecule has 0 aliphatic heterocycles. The van der Waals surface area contributed by atoms with Crippen LogP contribution in [0.3, 0.4) is 0 Å². The Balaban J connectivity index is 0. The van der Waals surface area contributed by atoms with Crippen LogP contribution >= 0.6 is 0 Å². The van der Waals surface area contributed by atoms with Gasteiger partial charge in [-0.25, -0.2) is 0 Å². The molecule has 1 rings (SSSR count). The number of nitrogens with one attached hydrogen (secondary N) is 1. The third-order valence-electron chi connectivity index (χ3n) is 3.93. The summed E-state index contributed by atoms with van der Waals surface area (Å²) < 4.78 is 0. The first kappa shape index (κ1) is 26.5. The van der Waals surface area contributed by atoms with Crippen LogP contribution < -0.4 is 5.32 Å². The largest absolute Gasteiger partial charge is 0.355 e. The molecule has 0 bridgehead atoms. The lowest BCUT2D eigenvalue weighted by Gasteiger charge is -2.30. The number of allylic oxidation sites excluding steroid dienone is 8. The summed E-state index contributed by atoms with van der Waals surface area (Å²) in [7, 11) is 6.13. The van der Waals surface area contributed by atoms with Crippen molar-refractivity contribution in [1.29, 1.82) is 0 Å². The van der Waals surface area contributed by atoms with Crippen molar-refractivity contribution in [3.8, 4) is 0 Å². The van der Waals surface area contributed by atoms with Gasteiger partial charge in [0, 0.05) is 11.4 Å². The van der Waals surface area contributed by atoms with Crippen LogP contribution in [0.2, 0.25) is 5.82 Å². The van der Waals surface area contributed by atoms with E-state index in [0.717, 1.165) is 29.8 Å². The summed E-state index contributed by atoms with van der Waals surface area (Å²) in [6, 6.07) is 0. The summed E-state index contributed by atoms with van der Waals surface area (Å²) in [6.45, 7) is 20.1. The molecule has 0 aromatic rings. The average molecular weight is 353 g/mol. The SMILES string of the molecule is CC.CC.[B]C1CCCC(C(=C)/C(=C\C=C/C)NC(/C=C\C)=C/C=C)C1. The molecule has 1 N–H and O–H groups in total. The van der Waals surface area contributed by atoms with Gasteiger partial charge < -0.3 is 5.32 Å². The molecule has 2 radical (unpaired) electrons. The van der Waals surface area contributed by atoms with Crippen molar-refractivity contribution in [2.24, 2.45) is 5.92 Å². The predicted octanol–water partition coefficient (Wildman–Crippen LogP) is 7.44. The molecular formula is C24H40BN. The van der Waals surface area contributed by atoms with Crippen LogP contribution in [-0.2, 0) is 0 Å². The Hall–Kier alpha value is -1.70. The Morgan fingerprint density at radius 2 is 1.69 bits per heavy atom. The normalized spacial score (nSPS) is 20.7. The molecule has 2 atom stereocenters. The average Bonchev–Trinajstić information content (AvgIpc) is 2.68. The molecule has 1 nitrogen and oxygen atoms in total. The molecule has 1 fully saturated rings. The second kappa shape index (κ2) is 18.1. The first-order valence-corrected chi connectivity index (χ1v) is 10.1. The van der Waals surface area contributed by atoms with Crippen molar-refractivity contribution >= 4 is 7.85 Å². The fourth-order valence-corrected chi connectivity index (χ4v) is 2.79. The van der Waals surface area contributed by atoms with Crippen LogP contribution in [-0.4, -0.2) is 7.85 Å². The van der Waals surface area contributed by atoms with E-state index in [0.29, 0.717) is 11.7 Å². The highest BCUT2D eigenvalue weighted by Crippen LogP contribution is 2.36. The second-order valence-electron chi connectivity index (χ2n) is 5.74. The number of hydrogen-bond donors (Lipinski definition) is 1. The Kier molecular flexibility index (Phi) is 18.5. The van der Waals surface area contributed by atoms with E-state index in [1.54, 1.807) is 6.08 Å². The summed E-state index contributed by atoms with van der Waals surface area (Å²) >= 11 is 0. The maximum absolute atomic E-state index is 6.13. The van der Waals surface area contributed by atoms with Gasteiger partial charge in [-0.3, -0.25) is 0 Å². The molecule has 1 aliphatic rings. The zero-order valence-corrected chi connectivity index (χ0v) is 18.0. The van der Waals surface area contributed by atoms with Crippen molar-refractivity contribution in [3.05, 3.63) is 72.7 Å². The lowest BCUT2D eigenvalue weighted by Crippen LogP contribution is -2.20. The molecule has 0 aromatic carbocycles. The van der Waals surface area contributed by atoms with Crippen molar-refractivity contribution < 1.29 is 0 Å². The molecule has 144 valence electrons. The number of hydrogen-bond acceptors (Lipinski definition) is 1. The molecular weight excluding hydrogens is 313 g/mol. The molecule has 0 amide bonds. The molecule has 1 saturated carbocycles. The second-order valence-corrected chi connectivity index (χ2v) is 5.74. The highest BCUT2D eigenvalue weighted by atomic mass is 14.9. The molecule has 0 heterocycles. The van der Waals surface area contributed by atoms with Gasteiger partial charge in [-0.2, -0.15) is 0 Å². The molecule has 2 unspecified atom stereocenters. The zero-order chi connectivity index (χ0) is 20.4.